The Balaban J connectivity index is 1.80. The van der Waals surface area contributed by atoms with Gasteiger partial charge in [0.25, 0.3) is 5.56 Å². The van der Waals surface area contributed by atoms with E-state index >= 15 is 0 Å². The van der Waals surface area contributed by atoms with E-state index in [0.29, 0.717) is 12.2 Å². The number of hydrogen-bond donors (Lipinski definition) is 1. The van der Waals surface area contributed by atoms with Crippen LogP contribution in [0.25, 0.3) is 0 Å². The number of aryl methyl sites for hydroxylation is 2. The van der Waals surface area contributed by atoms with E-state index in [1.165, 1.54) is 16.8 Å². The fourth-order valence-corrected chi connectivity index (χ4v) is 2.77. The fourth-order valence-electron chi connectivity index (χ4n) is 2.77. The first-order valence-electron chi connectivity index (χ1n) is 8.65. The van der Waals surface area contributed by atoms with Crippen molar-refractivity contribution in [1.29, 1.82) is 0 Å². The smallest absolute Gasteiger partial charge is 0.325 e. The van der Waals surface area contributed by atoms with Crippen LogP contribution >= 0.6 is 0 Å². The SMILES string of the molecule is Cc1ccc(NC(=O)Cn2c(=O)ccn(Cc3ccccc3)c2=O)cc1C. The highest BCUT2D eigenvalue weighted by Crippen LogP contribution is 2.14. The predicted molar refractivity (Wildman–Crippen MR) is 105 cm³/mol. The molecule has 0 saturated heterocycles. The first-order chi connectivity index (χ1) is 12.9. The zero-order valence-corrected chi connectivity index (χ0v) is 15.3. The first kappa shape index (κ1) is 18.4. The van der Waals surface area contributed by atoms with Crippen LogP contribution in [0.5, 0.6) is 0 Å². The maximum atomic E-state index is 12.6. The molecule has 1 amide bonds. The van der Waals surface area contributed by atoms with Crippen LogP contribution in [0.3, 0.4) is 0 Å². The molecule has 0 atom stereocenters. The van der Waals surface area contributed by atoms with E-state index in [0.717, 1.165) is 21.3 Å². The summed E-state index contributed by atoms with van der Waals surface area (Å²) < 4.78 is 2.36. The number of anilines is 1. The number of nitrogens with one attached hydrogen (secondary N) is 1. The van der Waals surface area contributed by atoms with E-state index < -0.39 is 17.2 Å². The summed E-state index contributed by atoms with van der Waals surface area (Å²) in [6.07, 6.45) is 1.45. The molecule has 1 aromatic heterocycles. The average molecular weight is 363 g/mol. The molecule has 1 N–H and O–H groups in total. The molecule has 0 aliphatic heterocycles. The van der Waals surface area contributed by atoms with Gasteiger partial charge in [-0.25, -0.2) is 4.79 Å². The minimum Gasteiger partial charge on any atom is -0.325 e. The van der Waals surface area contributed by atoms with Crippen molar-refractivity contribution in [2.45, 2.75) is 26.9 Å². The van der Waals surface area contributed by atoms with Crippen LogP contribution < -0.4 is 16.6 Å². The van der Waals surface area contributed by atoms with E-state index in [9.17, 15) is 14.4 Å². The second kappa shape index (κ2) is 7.86. The Bertz CT molecular complexity index is 1080. The van der Waals surface area contributed by atoms with Gasteiger partial charge in [0.2, 0.25) is 5.91 Å². The number of aromatic nitrogens is 2. The van der Waals surface area contributed by atoms with Crippen molar-refractivity contribution in [3.8, 4) is 0 Å². The summed E-state index contributed by atoms with van der Waals surface area (Å²) in [5.41, 5.74) is 2.73. The summed E-state index contributed by atoms with van der Waals surface area (Å²) in [4.78, 5) is 37.1. The van der Waals surface area contributed by atoms with E-state index in [1.54, 1.807) is 6.07 Å². The molecule has 0 aliphatic rings. The Hall–Kier alpha value is -3.41. The van der Waals surface area contributed by atoms with Crippen molar-refractivity contribution in [1.82, 2.24) is 9.13 Å². The van der Waals surface area contributed by atoms with Gasteiger partial charge in [-0.15, -0.1) is 0 Å². The second-order valence-corrected chi connectivity index (χ2v) is 6.48. The molecule has 0 spiro atoms. The Morgan fingerprint density at radius 2 is 1.70 bits per heavy atom. The first-order valence-corrected chi connectivity index (χ1v) is 8.65. The van der Waals surface area contributed by atoms with Crippen LogP contribution in [0.2, 0.25) is 0 Å². The monoisotopic (exact) mass is 363 g/mol. The zero-order chi connectivity index (χ0) is 19.4. The van der Waals surface area contributed by atoms with Gasteiger partial charge < -0.3 is 5.32 Å². The van der Waals surface area contributed by atoms with Gasteiger partial charge in [-0.3, -0.25) is 18.7 Å². The van der Waals surface area contributed by atoms with Gasteiger partial charge in [0, 0.05) is 18.0 Å². The van der Waals surface area contributed by atoms with Gasteiger partial charge in [0.1, 0.15) is 6.54 Å². The third kappa shape index (κ3) is 4.41. The van der Waals surface area contributed by atoms with Crippen molar-refractivity contribution in [3.05, 3.63) is 98.3 Å². The van der Waals surface area contributed by atoms with Crippen LogP contribution in [-0.2, 0) is 17.9 Å². The number of rotatable bonds is 5. The fraction of sp³-hybridized carbons (Fsp3) is 0.190. The molecule has 2 aromatic carbocycles. The normalized spacial score (nSPS) is 10.6. The number of nitrogens with zero attached hydrogens (tertiary/aromatic N) is 2. The standard InChI is InChI=1S/C21H21N3O3/c1-15-8-9-18(12-16(15)2)22-19(25)14-24-20(26)10-11-23(21(24)27)13-17-6-4-3-5-7-17/h3-12H,13-14H2,1-2H3,(H,22,25). The maximum absolute atomic E-state index is 12.6. The van der Waals surface area contributed by atoms with Gasteiger partial charge in [-0.05, 0) is 42.7 Å². The van der Waals surface area contributed by atoms with Gasteiger partial charge in [-0.2, -0.15) is 0 Å². The van der Waals surface area contributed by atoms with Crippen LogP contribution in [-0.4, -0.2) is 15.0 Å². The third-order valence-electron chi connectivity index (χ3n) is 4.43. The van der Waals surface area contributed by atoms with Crippen molar-refractivity contribution in [2.75, 3.05) is 5.32 Å². The van der Waals surface area contributed by atoms with Crippen LogP contribution in [0, 0.1) is 13.8 Å². The summed E-state index contributed by atoms with van der Waals surface area (Å²) >= 11 is 0. The van der Waals surface area contributed by atoms with E-state index in [1.807, 2.05) is 56.3 Å². The predicted octanol–water partition coefficient (Wildman–Crippen LogP) is 2.31. The Kier molecular flexibility index (Phi) is 5.35. The molecule has 6 nitrogen and oxygen atoms in total. The molecule has 27 heavy (non-hydrogen) atoms. The van der Waals surface area contributed by atoms with Crippen molar-refractivity contribution < 1.29 is 4.79 Å². The zero-order valence-electron chi connectivity index (χ0n) is 15.3. The van der Waals surface area contributed by atoms with Gasteiger partial charge in [0.05, 0.1) is 6.54 Å². The molecule has 3 aromatic rings. The molecule has 0 aliphatic carbocycles. The minimum absolute atomic E-state index is 0.332. The lowest BCUT2D eigenvalue weighted by molar-refractivity contribution is -0.116. The van der Waals surface area contributed by atoms with Gasteiger partial charge >= 0.3 is 5.69 Å². The summed E-state index contributed by atoms with van der Waals surface area (Å²) in [7, 11) is 0. The molecule has 1 heterocycles. The highest BCUT2D eigenvalue weighted by atomic mass is 16.2. The molecule has 0 unspecified atom stereocenters. The lowest BCUT2D eigenvalue weighted by Crippen LogP contribution is -2.41. The maximum Gasteiger partial charge on any atom is 0.331 e. The number of carbonyl (C=O) groups excluding carboxylic acids is 1. The largest absolute Gasteiger partial charge is 0.331 e. The van der Waals surface area contributed by atoms with Crippen LogP contribution in [0.15, 0.2) is 70.4 Å². The Labute approximate surface area is 156 Å². The lowest BCUT2D eigenvalue weighted by Gasteiger charge is -2.11. The highest BCUT2D eigenvalue weighted by molar-refractivity contribution is 5.90. The quantitative estimate of drug-likeness (QED) is 0.756. The number of hydrogen-bond acceptors (Lipinski definition) is 3. The van der Waals surface area contributed by atoms with Crippen LogP contribution in [0.1, 0.15) is 16.7 Å². The third-order valence-corrected chi connectivity index (χ3v) is 4.43. The van der Waals surface area contributed by atoms with E-state index in [4.69, 9.17) is 0 Å². The number of carbonyl (C=O) groups is 1. The van der Waals surface area contributed by atoms with Crippen LogP contribution in [0.4, 0.5) is 5.69 Å². The van der Waals surface area contributed by atoms with E-state index in [-0.39, 0.29) is 6.54 Å². The summed E-state index contributed by atoms with van der Waals surface area (Å²) in [5, 5.41) is 2.74. The van der Waals surface area contributed by atoms with Gasteiger partial charge in [0.15, 0.2) is 0 Å². The molecule has 0 saturated carbocycles. The number of benzene rings is 2. The molecule has 3 rings (SSSR count). The van der Waals surface area contributed by atoms with Crippen molar-refractivity contribution >= 4 is 11.6 Å². The van der Waals surface area contributed by atoms with Crippen molar-refractivity contribution in [3.63, 3.8) is 0 Å². The van der Waals surface area contributed by atoms with E-state index in [2.05, 4.69) is 5.32 Å². The molecular formula is C21H21N3O3. The van der Waals surface area contributed by atoms with Crippen molar-refractivity contribution in [2.24, 2.45) is 0 Å². The Morgan fingerprint density at radius 1 is 0.963 bits per heavy atom. The summed E-state index contributed by atoms with van der Waals surface area (Å²) in [5.74, 6) is -0.421. The topological polar surface area (TPSA) is 73.1 Å². The average Bonchev–Trinajstić information content (AvgIpc) is 2.65. The Morgan fingerprint density at radius 3 is 2.41 bits per heavy atom. The minimum atomic E-state index is -0.512. The molecule has 0 bridgehead atoms. The molecule has 0 radical (unpaired) electrons. The van der Waals surface area contributed by atoms with Gasteiger partial charge in [-0.1, -0.05) is 36.4 Å². The summed E-state index contributed by atoms with van der Waals surface area (Å²) in [6, 6.07) is 16.3. The summed E-state index contributed by atoms with van der Waals surface area (Å²) in [6.45, 7) is 3.94. The molecule has 138 valence electrons. The molecule has 6 heteroatoms. The molecular weight excluding hydrogens is 342 g/mol. The number of amides is 1. The highest BCUT2D eigenvalue weighted by Gasteiger charge is 2.11. The lowest BCUT2D eigenvalue weighted by atomic mass is 10.1. The second-order valence-electron chi connectivity index (χ2n) is 6.48. The molecule has 0 fully saturated rings.